The molecule has 7 nitrogen and oxygen atoms in total. The van der Waals surface area contributed by atoms with Crippen LogP contribution in [0.4, 0.5) is 0 Å². The fourth-order valence-electron chi connectivity index (χ4n) is 4.70. The predicted octanol–water partition coefficient (Wildman–Crippen LogP) is 4.42. The molecule has 2 fully saturated rings. The van der Waals surface area contributed by atoms with E-state index >= 15 is 0 Å². The average molecular weight is 499 g/mol. The van der Waals surface area contributed by atoms with Crippen LogP contribution in [-0.4, -0.2) is 59.5 Å². The third kappa shape index (κ3) is 5.07. The maximum Gasteiger partial charge on any atom is 0.243 e. The molecule has 3 aromatic rings. The summed E-state index contributed by atoms with van der Waals surface area (Å²) in [6, 6.07) is 18.0. The second-order valence-corrected chi connectivity index (χ2v) is 11.7. The third-order valence-corrected chi connectivity index (χ3v) is 9.36. The molecule has 180 valence electrons. The van der Waals surface area contributed by atoms with Crippen LogP contribution in [-0.2, 0) is 21.2 Å². The topological polar surface area (TPSA) is 77.3 Å². The lowest BCUT2D eigenvalue weighted by atomic mass is 10.2. The van der Waals surface area contributed by atoms with E-state index in [1.165, 1.54) is 22.7 Å². The normalized spacial score (nSPS) is 17.9. The van der Waals surface area contributed by atoms with Gasteiger partial charge in [0.1, 0.15) is 0 Å². The number of aromatic nitrogens is 3. The molecule has 0 radical (unpaired) electrons. The zero-order chi connectivity index (χ0) is 23.4. The molecule has 0 unspecified atom stereocenters. The van der Waals surface area contributed by atoms with Crippen LogP contribution in [0.2, 0.25) is 0 Å². The van der Waals surface area contributed by atoms with Crippen LogP contribution >= 0.6 is 11.8 Å². The Morgan fingerprint density at radius 1 is 0.971 bits per heavy atom. The zero-order valence-corrected chi connectivity index (χ0v) is 20.8. The lowest BCUT2D eigenvalue weighted by Gasteiger charge is -2.26. The van der Waals surface area contributed by atoms with Crippen LogP contribution < -0.4 is 0 Å². The van der Waals surface area contributed by atoms with Crippen LogP contribution in [0.15, 0.2) is 64.6 Å². The quantitative estimate of drug-likeness (QED) is 0.428. The minimum absolute atomic E-state index is 0.297. The number of hydrogen-bond donors (Lipinski definition) is 0. The molecule has 9 heteroatoms. The lowest BCUT2D eigenvalue weighted by Crippen LogP contribution is -2.40. The molecule has 2 heterocycles. The highest BCUT2D eigenvalue weighted by Gasteiger charge is 2.28. The molecule has 1 saturated carbocycles. The molecular weight excluding hydrogens is 468 g/mol. The van der Waals surface area contributed by atoms with E-state index < -0.39 is 10.0 Å². The number of nitrogens with zero attached hydrogens (tertiary/aromatic N) is 4. The summed E-state index contributed by atoms with van der Waals surface area (Å²) in [7, 11) is -3.57. The van der Waals surface area contributed by atoms with E-state index in [9.17, 15) is 8.42 Å². The van der Waals surface area contributed by atoms with Crippen LogP contribution in [0.5, 0.6) is 0 Å². The molecule has 0 N–H and O–H groups in total. The second-order valence-electron chi connectivity index (χ2n) is 8.74. The first-order chi connectivity index (χ1) is 16.6. The summed E-state index contributed by atoms with van der Waals surface area (Å²) < 4.78 is 35.5. The Hall–Kier alpha value is -2.20. The van der Waals surface area contributed by atoms with Crippen molar-refractivity contribution in [2.45, 2.75) is 48.2 Å². The first-order valence-electron chi connectivity index (χ1n) is 11.9. The first-order valence-corrected chi connectivity index (χ1v) is 14.4. The SMILES string of the molecule is O=S(=O)(c1cccc(-c2nnc(SCCc3ccccc3)n2C2CCCC2)c1)N1CCOCC1. The van der Waals surface area contributed by atoms with Crippen molar-refractivity contribution < 1.29 is 13.2 Å². The van der Waals surface area contributed by atoms with Gasteiger partial charge in [-0.1, -0.05) is 67.1 Å². The van der Waals surface area contributed by atoms with Gasteiger partial charge in [0.25, 0.3) is 0 Å². The van der Waals surface area contributed by atoms with Crippen molar-refractivity contribution >= 4 is 21.8 Å². The number of thioether (sulfide) groups is 1. The van der Waals surface area contributed by atoms with Crippen LogP contribution in [0, 0.1) is 0 Å². The minimum Gasteiger partial charge on any atom is -0.379 e. The third-order valence-electron chi connectivity index (χ3n) is 6.52. The summed E-state index contributed by atoms with van der Waals surface area (Å²) in [4.78, 5) is 0.297. The number of hydrogen-bond acceptors (Lipinski definition) is 6. The van der Waals surface area contributed by atoms with E-state index in [1.54, 1.807) is 30.0 Å². The second kappa shape index (κ2) is 10.6. The summed E-state index contributed by atoms with van der Waals surface area (Å²) in [5, 5.41) is 10.0. The average Bonchev–Trinajstić information content (AvgIpc) is 3.55. The summed E-state index contributed by atoms with van der Waals surface area (Å²) in [5.41, 5.74) is 2.10. The van der Waals surface area contributed by atoms with E-state index in [0.717, 1.165) is 41.6 Å². The Balaban J connectivity index is 1.42. The Bertz CT molecular complexity index is 1200. The maximum atomic E-state index is 13.2. The molecule has 1 aliphatic carbocycles. The Labute approximate surface area is 205 Å². The van der Waals surface area contributed by atoms with Gasteiger partial charge in [-0.05, 0) is 37.0 Å². The van der Waals surface area contributed by atoms with Crippen LogP contribution in [0.3, 0.4) is 0 Å². The summed E-state index contributed by atoms with van der Waals surface area (Å²) in [5.74, 6) is 1.67. The van der Waals surface area contributed by atoms with E-state index in [2.05, 4.69) is 39.0 Å². The van der Waals surface area contributed by atoms with Gasteiger partial charge in [0.2, 0.25) is 10.0 Å². The van der Waals surface area contributed by atoms with Crippen LogP contribution in [0.1, 0.15) is 37.3 Å². The van der Waals surface area contributed by atoms with Gasteiger partial charge in [0.05, 0.1) is 18.1 Å². The Morgan fingerprint density at radius 3 is 2.50 bits per heavy atom. The summed E-state index contributed by atoms with van der Waals surface area (Å²) in [6.07, 6.45) is 5.56. The van der Waals surface area contributed by atoms with Crippen molar-refractivity contribution in [2.24, 2.45) is 0 Å². The highest BCUT2D eigenvalue weighted by molar-refractivity contribution is 7.99. The molecule has 0 spiro atoms. The van der Waals surface area contributed by atoms with E-state index in [0.29, 0.717) is 37.2 Å². The van der Waals surface area contributed by atoms with Crippen LogP contribution in [0.25, 0.3) is 11.4 Å². The monoisotopic (exact) mass is 498 g/mol. The van der Waals surface area contributed by atoms with Crippen molar-refractivity contribution in [1.82, 2.24) is 19.1 Å². The molecule has 0 atom stereocenters. The van der Waals surface area contributed by atoms with E-state index in [4.69, 9.17) is 4.74 Å². The van der Waals surface area contributed by atoms with Gasteiger partial charge in [-0.2, -0.15) is 4.31 Å². The standard InChI is InChI=1S/C25H30N4O3S2/c30-34(31,28-14-16-32-17-15-28)23-12-6-9-21(19-23)24-26-27-25(29(24)22-10-4-5-11-22)33-18-13-20-7-2-1-3-8-20/h1-3,6-9,12,19,22H,4-5,10-11,13-18H2. The summed E-state index contributed by atoms with van der Waals surface area (Å²) in [6.45, 7) is 1.62. The molecule has 0 bridgehead atoms. The number of morpholine rings is 1. The largest absolute Gasteiger partial charge is 0.379 e. The van der Waals surface area contributed by atoms with Crippen molar-refractivity contribution in [3.8, 4) is 11.4 Å². The highest BCUT2D eigenvalue weighted by atomic mass is 32.2. The molecular formula is C25H30N4O3S2. The molecule has 0 amide bonds. The highest BCUT2D eigenvalue weighted by Crippen LogP contribution is 2.37. The molecule has 2 aliphatic rings. The number of ether oxygens (including phenoxy) is 1. The van der Waals surface area contributed by atoms with Gasteiger partial charge in [0, 0.05) is 30.4 Å². The molecule has 1 saturated heterocycles. The Morgan fingerprint density at radius 2 is 1.74 bits per heavy atom. The molecule has 2 aromatic carbocycles. The Kier molecular flexibility index (Phi) is 7.34. The van der Waals surface area contributed by atoms with Crippen molar-refractivity contribution in [2.75, 3.05) is 32.1 Å². The maximum absolute atomic E-state index is 13.2. The number of benzene rings is 2. The number of rotatable bonds is 8. The molecule has 1 aromatic heterocycles. The number of sulfonamides is 1. The van der Waals surface area contributed by atoms with Gasteiger partial charge >= 0.3 is 0 Å². The zero-order valence-electron chi connectivity index (χ0n) is 19.2. The van der Waals surface area contributed by atoms with Gasteiger partial charge in [-0.25, -0.2) is 8.42 Å². The van der Waals surface area contributed by atoms with Crippen molar-refractivity contribution in [1.29, 1.82) is 0 Å². The smallest absolute Gasteiger partial charge is 0.243 e. The minimum atomic E-state index is -3.57. The lowest BCUT2D eigenvalue weighted by molar-refractivity contribution is 0.0730. The first kappa shape index (κ1) is 23.5. The molecule has 34 heavy (non-hydrogen) atoms. The van der Waals surface area contributed by atoms with E-state index in [-0.39, 0.29) is 0 Å². The number of aryl methyl sites for hydroxylation is 1. The predicted molar refractivity (Wildman–Crippen MR) is 133 cm³/mol. The molecule has 5 rings (SSSR count). The van der Waals surface area contributed by atoms with E-state index in [1.807, 2.05) is 12.1 Å². The van der Waals surface area contributed by atoms with Crippen molar-refractivity contribution in [3.05, 3.63) is 60.2 Å². The fourth-order valence-corrected chi connectivity index (χ4v) is 7.15. The molecule has 1 aliphatic heterocycles. The summed E-state index contributed by atoms with van der Waals surface area (Å²) >= 11 is 1.73. The van der Waals surface area contributed by atoms with Gasteiger partial charge < -0.3 is 4.74 Å². The van der Waals surface area contributed by atoms with Gasteiger partial charge in [0.15, 0.2) is 11.0 Å². The van der Waals surface area contributed by atoms with Gasteiger partial charge in [-0.15, -0.1) is 10.2 Å². The fraction of sp³-hybridized carbons (Fsp3) is 0.440. The van der Waals surface area contributed by atoms with Crippen molar-refractivity contribution in [3.63, 3.8) is 0 Å². The van der Waals surface area contributed by atoms with Gasteiger partial charge in [-0.3, -0.25) is 4.57 Å².